The molecule has 0 aromatic heterocycles. The summed E-state index contributed by atoms with van der Waals surface area (Å²) in [7, 11) is 0. The zero-order valence-corrected chi connectivity index (χ0v) is 7.27. The molecule has 2 aliphatic heterocycles. The summed E-state index contributed by atoms with van der Waals surface area (Å²) in [4.78, 5) is 0. The van der Waals surface area contributed by atoms with Crippen molar-refractivity contribution < 1.29 is 0 Å². The van der Waals surface area contributed by atoms with Crippen LogP contribution in [0.3, 0.4) is 0 Å². The molecule has 2 heterocycles. The topological polar surface area (TPSA) is 12.0 Å². The van der Waals surface area contributed by atoms with Gasteiger partial charge in [0.1, 0.15) is 0 Å². The van der Waals surface area contributed by atoms with Gasteiger partial charge in [-0.3, -0.25) is 0 Å². The second-order valence-corrected chi connectivity index (χ2v) is 4.37. The van der Waals surface area contributed by atoms with Gasteiger partial charge in [0.05, 0.1) is 0 Å². The lowest BCUT2D eigenvalue weighted by Gasteiger charge is -2.32. The Morgan fingerprint density at radius 1 is 1.40 bits per heavy atom. The first-order chi connectivity index (χ1) is 4.77. The Morgan fingerprint density at radius 3 is 3.00 bits per heavy atom. The summed E-state index contributed by atoms with van der Waals surface area (Å²) in [6.07, 6.45) is 4.04. The Morgan fingerprint density at radius 2 is 2.20 bits per heavy atom. The van der Waals surface area contributed by atoms with Crippen molar-refractivity contribution in [1.82, 2.24) is 5.32 Å². The fourth-order valence-electron chi connectivity index (χ4n) is 2.23. The van der Waals surface area contributed by atoms with Crippen molar-refractivity contribution in [3.05, 3.63) is 0 Å². The highest BCUT2D eigenvalue weighted by atomic mass is 32.1. The Kier molecular flexibility index (Phi) is 1.69. The van der Waals surface area contributed by atoms with Gasteiger partial charge in [-0.05, 0) is 25.2 Å². The molecule has 0 spiro atoms. The Balaban J connectivity index is 2.09. The first-order valence-corrected chi connectivity index (χ1v) is 4.73. The summed E-state index contributed by atoms with van der Waals surface area (Å²) in [6.45, 7) is 2.32. The maximum Gasteiger partial charge on any atom is 0.0106 e. The highest BCUT2D eigenvalue weighted by Crippen LogP contribution is 2.33. The molecule has 0 aromatic carbocycles. The molecule has 0 aliphatic carbocycles. The van der Waals surface area contributed by atoms with Crippen LogP contribution in [0.15, 0.2) is 0 Å². The lowest BCUT2D eigenvalue weighted by Crippen LogP contribution is -2.44. The highest BCUT2D eigenvalue weighted by Gasteiger charge is 2.37. The summed E-state index contributed by atoms with van der Waals surface area (Å²) in [6, 6.07) is 1.57. The first-order valence-electron chi connectivity index (χ1n) is 4.21. The summed E-state index contributed by atoms with van der Waals surface area (Å²) in [5.74, 6) is 0.780. The molecule has 58 valence electrons. The third kappa shape index (κ3) is 0.978. The van der Waals surface area contributed by atoms with E-state index < -0.39 is 0 Å². The lowest BCUT2D eigenvalue weighted by molar-refractivity contribution is 0.322. The first kappa shape index (κ1) is 6.99. The average Bonchev–Trinajstić information content (AvgIpc) is 2.29. The van der Waals surface area contributed by atoms with Crippen LogP contribution in [-0.4, -0.2) is 17.3 Å². The van der Waals surface area contributed by atoms with Crippen molar-refractivity contribution in [2.45, 2.75) is 43.5 Å². The van der Waals surface area contributed by atoms with Gasteiger partial charge < -0.3 is 5.32 Å². The van der Waals surface area contributed by atoms with Gasteiger partial charge in [0.2, 0.25) is 0 Å². The third-order valence-corrected chi connectivity index (χ3v) is 3.72. The van der Waals surface area contributed by atoms with Crippen molar-refractivity contribution in [2.75, 3.05) is 0 Å². The molecule has 2 rings (SSSR count). The molecular weight excluding hydrogens is 142 g/mol. The number of hydrogen-bond acceptors (Lipinski definition) is 2. The average molecular weight is 157 g/mol. The maximum absolute atomic E-state index is 4.57. The Hall–Kier alpha value is 0.310. The Bertz CT molecular complexity index is 137. The molecule has 2 bridgehead atoms. The SMILES string of the molecule is CC1C(S)CC2CCC1N2. The van der Waals surface area contributed by atoms with Crippen LogP contribution in [0.25, 0.3) is 0 Å². The van der Waals surface area contributed by atoms with E-state index in [0.717, 1.165) is 18.0 Å². The maximum atomic E-state index is 4.57. The van der Waals surface area contributed by atoms with E-state index in [2.05, 4.69) is 24.9 Å². The normalized spacial score (nSPS) is 53.4. The van der Waals surface area contributed by atoms with E-state index in [9.17, 15) is 0 Å². The quantitative estimate of drug-likeness (QED) is 0.507. The van der Waals surface area contributed by atoms with Crippen molar-refractivity contribution in [1.29, 1.82) is 0 Å². The zero-order valence-electron chi connectivity index (χ0n) is 6.38. The minimum atomic E-state index is 0.652. The number of thiol groups is 1. The summed E-state index contributed by atoms with van der Waals surface area (Å²) >= 11 is 4.57. The monoisotopic (exact) mass is 157 g/mol. The molecule has 0 aromatic rings. The van der Waals surface area contributed by atoms with Gasteiger partial charge >= 0.3 is 0 Å². The van der Waals surface area contributed by atoms with Gasteiger partial charge in [-0.25, -0.2) is 0 Å². The van der Waals surface area contributed by atoms with E-state index in [4.69, 9.17) is 0 Å². The van der Waals surface area contributed by atoms with Gasteiger partial charge in [-0.1, -0.05) is 6.92 Å². The standard InChI is InChI=1S/C8H15NS/c1-5-7-3-2-6(9-7)4-8(5)10/h5-10H,2-4H2,1H3. The number of piperidine rings is 1. The van der Waals surface area contributed by atoms with Crippen molar-refractivity contribution in [2.24, 2.45) is 5.92 Å². The molecule has 4 unspecified atom stereocenters. The molecule has 1 N–H and O–H groups in total. The molecule has 2 fully saturated rings. The number of rotatable bonds is 0. The van der Waals surface area contributed by atoms with Gasteiger partial charge in [-0.15, -0.1) is 0 Å². The van der Waals surface area contributed by atoms with Crippen molar-refractivity contribution in [3.8, 4) is 0 Å². The highest BCUT2D eigenvalue weighted by molar-refractivity contribution is 7.81. The van der Waals surface area contributed by atoms with Crippen molar-refractivity contribution in [3.63, 3.8) is 0 Å². The van der Waals surface area contributed by atoms with E-state index in [0.29, 0.717) is 5.25 Å². The Labute approximate surface area is 68.0 Å². The molecule has 0 saturated carbocycles. The van der Waals surface area contributed by atoms with Crippen LogP contribution in [0.4, 0.5) is 0 Å². The van der Waals surface area contributed by atoms with Crippen LogP contribution in [0, 0.1) is 5.92 Å². The smallest absolute Gasteiger partial charge is 0.0106 e. The number of hydrogen-bond donors (Lipinski definition) is 2. The predicted octanol–water partition coefficient (Wildman–Crippen LogP) is 1.45. The second kappa shape index (κ2) is 2.42. The third-order valence-electron chi connectivity index (χ3n) is 3.04. The molecule has 2 heteroatoms. The zero-order chi connectivity index (χ0) is 7.14. The fourth-order valence-corrected chi connectivity index (χ4v) is 2.69. The van der Waals surface area contributed by atoms with Crippen LogP contribution >= 0.6 is 12.6 Å². The van der Waals surface area contributed by atoms with Crippen LogP contribution in [-0.2, 0) is 0 Å². The van der Waals surface area contributed by atoms with Gasteiger partial charge in [0, 0.05) is 17.3 Å². The fraction of sp³-hybridized carbons (Fsp3) is 1.00. The minimum Gasteiger partial charge on any atom is -0.311 e. The molecule has 4 atom stereocenters. The molecular formula is C8H15NS. The number of nitrogens with one attached hydrogen (secondary N) is 1. The number of fused-ring (bicyclic) bond motifs is 2. The van der Waals surface area contributed by atoms with E-state index in [1.54, 1.807) is 0 Å². The van der Waals surface area contributed by atoms with E-state index in [1.165, 1.54) is 19.3 Å². The minimum absolute atomic E-state index is 0.652. The van der Waals surface area contributed by atoms with Crippen LogP contribution in [0.1, 0.15) is 26.2 Å². The molecule has 0 amide bonds. The lowest BCUT2D eigenvalue weighted by atomic mass is 9.93. The second-order valence-electron chi connectivity index (χ2n) is 3.71. The summed E-state index contributed by atoms with van der Waals surface area (Å²) in [5, 5.41) is 4.27. The van der Waals surface area contributed by atoms with E-state index >= 15 is 0 Å². The molecule has 1 nitrogen and oxygen atoms in total. The molecule has 2 saturated heterocycles. The van der Waals surface area contributed by atoms with Crippen LogP contribution in [0.2, 0.25) is 0 Å². The van der Waals surface area contributed by atoms with E-state index in [1.807, 2.05) is 0 Å². The van der Waals surface area contributed by atoms with E-state index in [-0.39, 0.29) is 0 Å². The van der Waals surface area contributed by atoms with Crippen molar-refractivity contribution >= 4 is 12.6 Å². The summed E-state index contributed by atoms with van der Waals surface area (Å²) in [5.41, 5.74) is 0. The largest absolute Gasteiger partial charge is 0.311 e. The van der Waals surface area contributed by atoms with Crippen LogP contribution < -0.4 is 5.32 Å². The molecule has 2 aliphatic rings. The van der Waals surface area contributed by atoms with Crippen LogP contribution in [0.5, 0.6) is 0 Å². The predicted molar refractivity (Wildman–Crippen MR) is 46.5 cm³/mol. The molecule has 0 radical (unpaired) electrons. The molecule has 10 heavy (non-hydrogen) atoms. The summed E-state index contributed by atoms with van der Waals surface area (Å²) < 4.78 is 0. The van der Waals surface area contributed by atoms with Gasteiger partial charge in [0.25, 0.3) is 0 Å². The van der Waals surface area contributed by atoms with Gasteiger partial charge in [0.15, 0.2) is 0 Å². The van der Waals surface area contributed by atoms with Gasteiger partial charge in [-0.2, -0.15) is 12.6 Å².